The quantitative estimate of drug-likeness (QED) is 0.448. The summed E-state index contributed by atoms with van der Waals surface area (Å²) in [6, 6.07) is 16.1. The summed E-state index contributed by atoms with van der Waals surface area (Å²) in [5.74, 6) is 2.31. The Morgan fingerprint density at radius 3 is 2.38 bits per heavy atom. The summed E-state index contributed by atoms with van der Waals surface area (Å²) in [6.07, 6.45) is 1.73. The number of amides is 2. The number of nitrogens with zero attached hydrogens (tertiary/aromatic N) is 4. The average molecular weight is 428 g/mol. The number of benzene rings is 2. The number of aromatic nitrogens is 4. The van der Waals surface area contributed by atoms with Crippen LogP contribution in [0.4, 0.5) is 16.2 Å². The molecule has 0 saturated heterocycles. The Kier molecular flexibility index (Phi) is 5.85. The van der Waals surface area contributed by atoms with Gasteiger partial charge in [0.2, 0.25) is 5.88 Å². The molecule has 0 saturated carbocycles. The molecule has 0 unspecified atom stereocenters. The molecule has 0 bridgehead atoms. The van der Waals surface area contributed by atoms with Gasteiger partial charge in [-0.25, -0.2) is 14.8 Å². The summed E-state index contributed by atoms with van der Waals surface area (Å²) >= 11 is 0. The first-order valence-corrected chi connectivity index (χ1v) is 10.2. The Balaban J connectivity index is 1.44. The van der Waals surface area contributed by atoms with Crippen LogP contribution in [0, 0.1) is 27.7 Å². The minimum Gasteiger partial charge on any atom is -0.439 e. The van der Waals surface area contributed by atoms with Crippen LogP contribution in [0.3, 0.4) is 0 Å². The van der Waals surface area contributed by atoms with Crippen LogP contribution in [-0.4, -0.2) is 25.6 Å². The lowest BCUT2D eigenvalue weighted by Gasteiger charge is -2.11. The van der Waals surface area contributed by atoms with Crippen LogP contribution in [-0.2, 0) is 0 Å². The van der Waals surface area contributed by atoms with Crippen LogP contribution in [0.25, 0.3) is 5.82 Å². The maximum absolute atomic E-state index is 12.3. The van der Waals surface area contributed by atoms with Crippen molar-refractivity contribution in [1.29, 1.82) is 0 Å². The van der Waals surface area contributed by atoms with Crippen LogP contribution in [0.15, 0.2) is 60.9 Å². The molecule has 2 heterocycles. The van der Waals surface area contributed by atoms with E-state index in [0.717, 1.165) is 22.6 Å². The number of hydrogen-bond acceptors (Lipinski definition) is 5. The Labute approximate surface area is 186 Å². The van der Waals surface area contributed by atoms with Gasteiger partial charge in [0.15, 0.2) is 0 Å². The first-order valence-electron chi connectivity index (χ1n) is 10.2. The van der Waals surface area contributed by atoms with Gasteiger partial charge in [-0.2, -0.15) is 4.98 Å². The summed E-state index contributed by atoms with van der Waals surface area (Å²) in [5, 5.41) is 5.66. The zero-order valence-corrected chi connectivity index (χ0v) is 18.4. The summed E-state index contributed by atoms with van der Waals surface area (Å²) < 4.78 is 7.83. The number of hydrogen-bond donors (Lipinski definition) is 2. The van der Waals surface area contributed by atoms with Gasteiger partial charge in [-0.05, 0) is 63.6 Å². The van der Waals surface area contributed by atoms with Gasteiger partial charge in [0.25, 0.3) is 0 Å². The number of ether oxygens (including phenoxy) is 1. The molecule has 4 rings (SSSR count). The molecule has 2 aromatic carbocycles. The molecule has 2 amide bonds. The number of carbonyl (C=O) groups excluding carboxylic acids is 1. The largest absolute Gasteiger partial charge is 0.439 e. The van der Waals surface area contributed by atoms with Crippen LogP contribution >= 0.6 is 0 Å². The highest BCUT2D eigenvalue weighted by atomic mass is 16.5. The molecule has 0 aliphatic rings. The van der Waals surface area contributed by atoms with Gasteiger partial charge in [-0.1, -0.05) is 18.2 Å². The lowest BCUT2D eigenvalue weighted by molar-refractivity contribution is 0.262. The van der Waals surface area contributed by atoms with Gasteiger partial charge in [-0.3, -0.25) is 4.57 Å². The summed E-state index contributed by atoms with van der Waals surface area (Å²) in [5.41, 5.74) is 4.36. The first-order chi connectivity index (χ1) is 15.4. The van der Waals surface area contributed by atoms with E-state index in [4.69, 9.17) is 4.74 Å². The number of para-hydroxylation sites is 1. The van der Waals surface area contributed by atoms with E-state index in [0.29, 0.717) is 29.0 Å². The van der Waals surface area contributed by atoms with E-state index in [1.54, 1.807) is 36.7 Å². The smallest absolute Gasteiger partial charge is 0.323 e. The average Bonchev–Trinajstić information content (AvgIpc) is 3.09. The maximum atomic E-state index is 12.3. The predicted molar refractivity (Wildman–Crippen MR) is 124 cm³/mol. The third kappa shape index (κ3) is 4.75. The second kappa shape index (κ2) is 8.89. The molecule has 2 aromatic heterocycles. The van der Waals surface area contributed by atoms with E-state index in [1.165, 1.54) is 0 Å². The maximum Gasteiger partial charge on any atom is 0.323 e. The van der Waals surface area contributed by atoms with Crippen molar-refractivity contribution in [3.63, 3.8) is 0 Å². The van der Waals surface area contributed by atoms with Gasteiger partial charge in [-0.15, -0.1) is 0 Å². The van der Waals surface area contributed by atoms with Gasteiger partial charge in [0.1, 0.15) is 23.7 Å². The molecule has 0 fully saturated rings. The lowest BCUT2D eigenvalue weighted by Crippen LogP contribution is -2.19. The Morgan fingerprint density at radius 1 is 0.938 bits per heavy atom. The second-order valence-electron chi connectivity index (χ2n) is 7.42. The fourth-order valence-corrected chi connectivity index (χ4v) is 3.16. The number of carbonyl (C=O) groups is 1. The highest BCUT2D eigenvalue weighted by Crippen LogP contribution is 2.24. The SMILES string of the molecule is Cc1nc(Oc2ccc(NC(=O)Nc3ccccc3C)cc2)cc(-n2cnc(C)c2C)n1. The number of nitrogens with one attached hydrogen (secondary N) is 2. The van der Waals surface area contributed by atoms with Crippen molar-refractivity contribution in [3.05, 3.63) is 83.7 Å². The highest BCUT2D eigenvalue weighted by molar-refractivity contribution is 6.00. The number of rotatable bonds is 5. The molecule has 0 spiro atoms. The zero-order chi connectivity index (χ0) is 22.7. The van der Waals surface area contributed by atoms with Crippen molar-refractivity contribution < 1.29 is 9.53 Å². The van der Waals surface area contributed by atoms with E-state index in [-0.39, 0.29) is 6.03 Å². The monoisotopic (exact) mass is 428 g/mol. The minimum absolute atomic E-state index is 0.310. The molecule has 0 aliphatic heterocycles. The fraction of sp³-hybridized carbons (Fsp3) is 0.167. The van der Waals surface area contributed by atoms with E-state index < -0.39 is 0 Å². The molecular formula is C24H24N6O2. The summed E-state index contributed by atoms with van der Waals surface area (Å²) in [4.78, 5) is 25.4. The molecule has 32 heavy (non-hydrogen) atoms. The van der Waals surface area contributed by atoms with Gasteiger partial charge in [0.05, 0.1) is 5.69 Å². The van der Waals surface area contributed by atoms with Crippen molar-refractivity contribution in [3.8, 4) is 17.4 Å². The van der Waals surface area contributed by atoms with Crippen molar-refractivity contribution in [1.82, 2.24) is 19.5 Å². The van der Waals surface area contributed by atoms with E-state index in [9.17, 15) is 4.79 Å². The molecule has 0 aliphatic carbocycles. The number of anilines is 2. The molecule has 2 N–H and O–H groups in total. The van der Waals surface area contributed by atoms with Crippen molar-refractivity contribution in [2.45, 2.75) is 27.7 Å². The van der Waals surface area contributed by atoms with Gasteiger partial charge < -0.3 is 15.4 Å². The fourth-order valence-electron chi connectivity index (χ4n) is 3.16. The van der Waals surface area contributed by atoms with Gasteiger partial charge in [0, 0.05) is 23.1 Å². The van der Waals surface area contributed by atoms with Crippen LogP contribution in [0.5, 0.6) is 11.6 Å². The van der Waals surface area contributed by atoms with E-state index in [2.05, 4.69) is 25.6 Å². The number of imidazole rings is 1. The van der Waals surface area contributed by atoms with Crippen LogP contribution in [0.1, 0.15) is 22.8 Å². The van der Waals surface area contributed by atoms with E-state index >= 15 is 0 Å². The second-order valence-corrected chi connectivity index (χ2v) is 7.42. The minimum atomic E-state index is -0.310. The number of urea groups is 1. The standard InChI is InChI=1S/C24H24N6O2/c1-15-7-5-6-8-21(15)29-24(31)28-19-9-11-20(12-10-19)32-23-13-22(26-18(4)27-23)30-14-25-16(2)17(30)3/h5-14H,1-4H3,(H2,28,29,31). The van der Waals surface area contributed by atoms with Gasteiger partial charge >= 0.3 is 6.03 Å². The molecule has 8 nitrogen and oxygen atoms in total. The number of aryl methyl sites for hydroxylation is 3. The summed E-state index contributed by atoms with van der Waals surface area (Å²) in [7, 11) is 0. The zero-order valence-electron chi connectivity index (χ0n) is 18.4. The third-order valence-corrected chi connectivity index (χ3v) is 5.03. The Hall–Kier alpha value is -4.20. The third-order valence-electron chi connectivity index (χ3n) is 5.03. The van der Waals surface area contributed by atoms with Crippen molar-refractivity contribution in [2.24, 2.45) is 0 Å². The molecule has 4 aromatic rings. The molecule has 162 valence electrons. The summed E-state index contributed by atoms with van der Waals surface area (Å²) in [6.45, 7) is 7.70. The molecular weight excluding hydrogens is 404 g/mol. The van der Waals surface area contributed by atoms with Crippen LogP contribution < -0.4 is 15.4 Å². The highest BCUT2D eigenvalue weighted by Gasteiger charge is 2.10. The Bertz CT molecular complexity index is 1260. The van der Waals surface area contributed by atoms with Crippen molar-refractivity contribution >= 4 is 17.4 Å². The Morgan fingerprint density at radius 2 is 1.69 bits per heavy atom. The molecule has 8 heteroatoms. The van der Waals surface area contributed by atoms with Crippen molar-refractivity contribution in [2.75, 3.05) is 10.6 Å². The molecule has 0 radical (unpaired) electrons. The van der Waals surface area contributed by atoms with E-state index in [1.807, 2.05) is 56.5 Å². The normalized spacial score (nSPS) is 10.6. The first kappa shape index (κ1) is 21.0. The van der Waals surface area contributed by atoms with Crippen LogP contribution in [0.2, 0.25) is 0 Å². The predicted octanol–water partition coefficient (Wildman–Crippen LogP) is 5.33. The molecule has 0 atom stereocenters. The topological polar surface area (TPSA) is 94.0 Å². The lowest BCUT2D eigenvalue weighted by atomic mass is 10.2.